The van der Waals surface area contributed by atoms with E-state index in [0.717, 1.165) is 24.0 Å². The Morgan fingerprint density at radius 1 is 1.09 bits per heavy atom. The molecule has 0 unspecified atom stereocenters. The molecule has 1 aromatic rings. The molecule has 0 aliphatic heterocycles. The maximum absolute atomic E-state index is 5.43. The molecule has 1 aliphatic carbocycles. The minimum atomic E-state index is 0.444. The van der Waals surface area contributed by atoms with Crippen LogP contribution in [0.3, 0.4) is 0 Å². The Morgan fingerprint density at radius 3 is 2.32 bits per heavy atom. The van der Waals surface area contributed by atoms with Gasteiger partial charge in [-0.1, -0.05) is 51.1 Å². The molecule has 1 aromatic carbocycles. The van der Waals surface area contributed by atoms with E-state index in [0.29, 0.717) is 11.5 Å². The van der Waals surface area contributed by atoms with E-state index >= 15 is 0 Å². The largest absolute Gasteiger partial charge is 0.362 e. The topological polar surface area (TPSA) is 24.1 Å². The quantitative estimate of drug-likeness (QED) is 0.810. The molecule has 0 heterocycles. The van der Waals surface area contributed by atoms with Gasteiger partial charge in [0.05, 0.1) is 0 Å². The van der Waals surface area contributed by atoms with Crippen LogP contribution in [0.2, 0.25) is 0 Å². The van der Waals surface area contributed by atoms with Gasteiger partial charge in [-0.25, -0.2) is 0 Å². The highest BCUT2D eigenvalue weighted by Gasteiger charge is 2.29. The van der Waals surface area contributed by atoms with Crippen molar-refractivity contribution >= 4 is 17.3 Å². The van der Waals surface area contributed by atoms with E-state index in [4.69, 9.17) is 12.2 Å². The molecule has 1 saturated carbocycles. The summed E-state index contributed by atoms with van der Waals surface area (Å²) < 4.78 is 0. The molecule has 0 radical (unpaired) electrons. The van der Waals surface area contributed by atoms with Crippen LogP contribution in [-0.2, 0) is 6.42 Å². The fraction of sp³-hybridized carbons (Fsp3) is 0.632. The average Bonchev–Trinajstić information content (AvgIpc) is 2.48. The summed E-state index contributed by atoms with van der Waals surface area (Å²) in [6, 6.07) is 11.1. The Morgan fingerprint density at radius 2 is 1.73 bits per heavy atom. The first-order valence-corrected chi connectivity index (χ1v) is 8.94. The molecule has 22 heavy (non-hydrogen) atoms. The summed E-state index contributed by atoms with van der Waals surface area (Å²) in [5.74, 6) is 0.852. The number of benzene rings is 1. The number of thiocarbonyl (C=S) groups is 1. The van der Waals surface area contributed by atoms with Crippen molar-refractivity contribution in [2.75, 3.05) is 6.54 Å². The van der Waals surface area contributed by atoms with Gasteiger partial charge in [-0.05, 0) is 61.2 Å². The number of hydrogen-bond donors (Lipinski definition) is 2. The Hall–Kier alpha value is -1.09. The van der Waals surface area contributed by atoms with E-state index in [-0.39, 0.29) is 0 Å². The van der Waals surface area contributed by atoms with E-state index in [1.807, 2.05) is 0 Å². The normalized spacial score (nSPS) is 22.1. The summed E-state index contributed by atoms with van der Waals surface area (Å²) >= 11 is 5.43. The predicted octanol–water partition coefficient (Wildman–Crippen LogP) is 4.30. The highest BCUT2D eigenvalue weighted by Crippen LogP contribution is 2.37. The van der Waals surface area contributed by atoms with E-state index < -0.39 is 0 Å². The van der Waals surface area contributed by atoms with Crippen LogP contribution in [0.25, 0.3) is 0 Å². The minimum Gasteiger partial charge on any atom is -0.362 e. The van der Waals surface area contributed by atoms with Gasteiger partial charge in [0.25, 0.3) is 0 Å². The molecule has 122 valence electrons. The first kappa shape index (κ1) is 17.3. The standard InChI is InChI=1S/C19H30N2S/c1-19(2,3)16-9-11-17(12-10-16)21-18(22)20-14-13-15-7-5-4-6-8-15/h4-8,16-17H,9-14H2,1-3H3,(H2,20,21,22). The van der Waals surface area contributed by atoms with E-state index in [2.05, 4.69) is 61.7 Å². The van der Waals surface area contributed by atoms with Crippen LogP contribution in [0, 0.1) is 11.3 Å². The summed E-state index contributed by atoms with van der Waals surface area (Å²) in [6.07, 6.45) is 6.12. The second-order valence-corrected chi connectivity index (χ2v) is 7.96. The average molecular weight is 319 g/mol. The van der Waals surface area contributed by atoms with Crippen molar-refractivity contribution in [2.45, 2.75) is 58.9 Å². The minimum absolute atomic E-state index is 0.444. The zero-order valence-corrected chi connectivity index (χ0v) is 15.0. The van der Waals surface area contributed by atoms with Gasteiger partial charge in [-0.15, -0.1) is 0 Å². The van der Waals surface area contributed by atoms with Gasteiger partial charge in [0.1, 0.15) is 0 Å². The summed E-state index contributed by atoms with van der Waals surface area (Å²) in [5, 5.41) is 7.65. The Kier molecular flexibility index (Phi) is 6.25. The van der Waals surface area contributed by atoms with Crippen molar-refractivity contribution in [3.8, 4) is 0 Å². The highest BCUT2D eigenvalue weighted by atomic mass is 32.1. The molecule has 1 aliphatic rings. The number of rotatable bonds is 4. The maximum Gasteiger partial charge on any atom is 0.166 e. The molecular weight excluding hydrogens is 288 g/mol. The zero-order valence-electron chi connectivity index (χ0n) is 14.2. The molecular formula is C19H30N2S. The molecule has 0 aromatic heterocycles. The van der Waals surface area contributed by atoms with Gasteiger partial charge in [0.2, 0.25) is 0 Å². The molecule has 2 rings (SSSR count). The zero-order chi connectivity index (χ0) is 16.0. The van der Waals surface area contributed by atoms with Crippen molar-refractivity contribution in [1.29, 1.82) is 0 Å². The second-order valence-electron chi connectivity index (χ2n) is 7.55. The first-order chi connectivity index (χ1) is 10.4. The van der Waals surface area contributed by atoms with Crippen LogP contribution >= 0.6 is 12.2 Å². The van der Waals surface area contributed by atoms with E-state index in [1.54, 1.807) is 0 Å². The highest BCUT2D eigenvalue weighted by molar-refractivity contribution is 7.80. The van der Waals surface area contributed by atoms with E-state index in [9.17, 15) is 0 Å². The smallest absolute Gasteiger partial charge is 0.166 e. The molecule has 2 nitrogen and oxygen atoms in total. The van der Waals surface area contributed by atoms with Crippen LogP contribution in [0.4, 0.5) is 0 Å². The Labute approximate surface area is 141 Å². The lowest BCUT2D eigenvalue weighted by atomic mass is 9.71. The number of hydrogen-bond acceptors (Lipinski definition) is 1. The Bertz CT molecular complexity index is 456. The van der Waals surface area contributed by atoms with Crippen molar-refractivity contribution in [2.24, 2.45) is 11.3 Å². The van der Waals surface area contributed by atoms with Crippen molar-refractivity contribution in [1.82, 2.24) is 10.6 Å². The monoisotopic (exact) mass is 318 g/mol. The maximum atomic E-state index is 5.43. The predicted molar refractivity (Wildman–Crippen MR) is 99.1 cm³/mol. The molecule has 2 N–H and O–H groups in total. The van der Waals surface area contributed by atoms with Gasteiger partial charge in [-0.2, -0.15) is 0 Å². The molecule has 0 atom stereocenters. The number of nitrogens with one attached hydrogen (secondary N) is 2. The van der Waals surface area contributed by atoms with Gasteiger partial charge in [0.15, 0.2) is 5.11 Å². The molecule has 0 amide bonds. The fourth-order valence-electron chi connectivity index (χ4n) is 3.31. The third kappa shape index (κ3) is 5.60. The molecule has 3 heteroatoms. The SMILES string of the molecule is CC(C)(C)C1CCC(NC(=S)NCCc2ccccc2)CC1. The van der Waals surface area contributed by atoms with Crippen LogP contribution in [-0.4, -0.2) is 17.7 Å². The molecule has 1 fully saturated rings. The van der Waals surface area contributed by atoms with Crippen LogP contribution in [0.1, 0.15) is 52.0 Å². The van der Waals surface area contributed by atoms with Crippen LogP contribution in [0.15, 0.2) is 30.3 Å². The molecule has 0 spiro atoms. The van der Waals surface area contributed by atoms with Crippen molar-refractivity contribution in [3.05, 3.63) is 35.9 Å². The van der Waals surface area contributed by atoms with Gasteiger partial charge in [-0.3, -0.25) is 0 Å². The van der Waals surface area contributed by atoms with Crippen LogP contribution < -0.4 is 10.6 Å². The third-order valence-corrected chi connectivity index (χ3v) is 5.09. The third-order valence-electron chi connectivity index (χ3n) is 4.83. The summed E-state index contributed by atoms with van der Waals surface area (Å²) in [4.78, 5) is 0. The fourth-order valence-corrected chi connectivity index (χ4v) is 3.57. The Balaban J connectivity index is 1.64. The van der Waals surface area contributed by atoms with Gasteiger partial charge < -0.3 is 10.6 Å². The van der Waals surface area contributed by atoms with Gasteiger partial charge >= 0.3 is 0 Å². The lowest BCUT2D eigenvalue weighted by molar-refractivity contribution is 0.165. The molecule has 0 bridgehead atoms. The van der Waals surface area contributed by atoms with Gasteiger partial charge in [0, 0.05) is 12.6 Å². The van der Waals surface area contributed by atoms with Crippen molar-refractivity contribution in [3.63, 3.8) is 0 Å². The van der Waals surface area contributed by atoms with Crippen LogP contribution in [0.5, 0.6) is 0 Å². The lowest BCUT2D eigenvalue weighted by Crippen LogP contribution is -2.44. The molecule has 0 saturated heterocycles. The summed E-state index contributed by atoms with van der Waals surface area (Å²) in [5.41, 5.74) is 1.79. The second kappa shape index (κ2) is 7.96. The lowest BCUT2D eigenvalue weighted by Gasteiger charge is -2.37. The first-order valence-electron chi connectivity index (χ1n) is 8.53. The van der Waals surface area contributed by atoms with Crippen molar-refractivity contribution < 1.29 is 0 Å². The summed E-state index contributed by atoms with van der Waals surface area (Å²) in [7, 11) is 0. The van der Waals surface area contributed by atoms with E-state index in [1.165, 1.54) is 31.2 Å². The summed E-state index contributed by atoms with van der Waals surface area (Å²) in [6.45, 7) is 7.98.